The average Bonchev–Trinajstić information content (AvgIpc) is 2.85. The molecule has 0 saturated heterocycles. The van der Waals surface area contributed by atoms with Crippen LogP contribution < -0.4 is 5.32 Å². The molecule has 3 nitrogen and oxygen atoms in total. The number of imidazole rings is 1. The van der Waals surface area contributed by atoms with Crippen LogP contribution in [0.2, 0.25) is 0 Å². The number of aromatic nitrogens is 2. The molecule has 1 unspecified atom stereocenters. The lowest BCUT2D eigenvalue weighted by molar-refractivity contribution is 0.398. The Labute approximate surface area is 142 Å². The number of nitrogens with zero attached hydrogens (tertiary/aromatic N) is 2. The van der Waals surface area contributed by atoms with Gasteiger partial charge in [-0.1, -0.05) is 13.0 Å². The van der Waals surface area contributed by atoms with Crippen molar-refractivity contribution in [1.82, 2.24) is 14.9 Å². The van der Waals surface area contributed by atoms with Crippen LogP contribution in [0.5, 0.6) is 0 Å². The topological polar surface area (TPSA) is 29.9 Å². The highest BCUT2D eigenvalue weighted by atomic mass is 127. The van der Waals surface area contributed by atoms with Crippen LogP contribution in [0.15, 0.2) is 18.2 Å². The third-order valence-corrected chi connectivity index (χ3v) is 4.91. The first kappa shape index (κ1) is 15.9. The second-order valence-corrected chi connectivity index (χ2v) is 6.52. The van der Waals surface area contributed by atoms with E-state index in [1.54, 1.807) is 6.07 Å². The molecule has 0 spiro atoms. The van der Waals surface area contributed by atoms with Gasteiger partial charge < -0.3 is 9.88 Å². The van der Waals surface area contributed by atoms with E-state index in [0.29, 0.717) is 6.42 Å². The van der Waals surface area contributed by atoms with E-state index in [-0.39, 0.29) is 6.04 Å². The molecule has 0 saturated carbocycles. The minimum atomic E-state index is -0.792. The summed E-state index contributed by atoms with van der Waals surface area (Å²) in [6.45, 7) is 3.97. The van der Waals surface area contributed by atoms with Crippen molar-refractivity contribution >= 4 is 22.6 Å². The molecule has 22 heavy (non-hydrogen) atoms. The van der Waals surface area contributed by atoms with Crippen LogP contribution in [0.25, 0.3) is 0 Å². The highest BCUT2D eigenvalue weighted by Crippen LogP contribution is 2.28. The zero-order chi connectivity index (χ0) is 15.7. The van der Waals surface area contributed by atoms with Crippen molar-refractivity contribution in [1.29, 1.82) is 0 Å². The quantitative estimate of drug-likeness (QED) is 0.771. The second-order valence-electron chi connectivity index (χ2n) is 5.50. The van der Waals surface area contributed by atoms with Crippen molar-refractivity contribution < 1.29 is 8.78 Å². The Balaban J connectivity index is 1.77. The van der Waals surface area contributed by atoms with Gasteiger partial charge in [0.05, 0.1) is 11.7 Å². The summed E-state index contributed by atoms with van der Waals surface area (Å²) in [6, 6.07) is 4.35. The Morgan fingerprint density at radius 2 is 2.18 bits per heavy atom. The Hall–Kier alpha value is -1.02. The van der Waals surface area contributed by atoms with E-state index in [1.807, 2.05) is 0 Å². The van der Waals surface area contributed by atoms with E-state index in [2.05, 4.69) is 44.4 Å². The average molecular weight is 417 g/mol. The normalized spacial score (nSPS) is 17.5. The summed E-state index contributed by atoms with van der Waals surface area (Å²) < 4.78 is 29.6. The molecule has 1 aromatic heterocycles. The third-order valence-electron chi connectivity index (χ3n) is 4.12. The fourth-order valence-corrected chi connectivity index (χ4v) is 3.97. The Morgan fingerprint density at radius 3 is 2.91 bits per heavy atom. The molecule has 118 valence electrons. The number of hydrogen-bond acceptors (Lipinski definition) is 2. The van der Waals surface area contributed by atoms with Crippen molar-refractivity contribution in [2.24, 2.45) is 0 Å². The van der Waals surface area contributed by atoms with Gasteiger partial charge >= 0.3 is 0 Å². The van der Waals surface area contributed by atoms with Crippen molar-refractivity contribution in [2.45, 2.75) is 38.8 Å². The fraction of sp³-hybridized carbons (Fsp3) is 0.438. The molecular formula is C16H18F2IN3. The van der Waals surface area contributed by atoms with Gasteiger partial charge in [0, 0.05) is 19.5 Å². The predicted octanol–water partition coefficient (Wildman–Crippen LogP) is 3.61. The Morgan fingerprint density at radius 1 is 1.36 bits per heavy atom. The van der Waals surface area contributed by atoms with Crippen molar-refractivity contribution in [3.8, 4) is 0 Å². The number of halogens is 3. The molecule has 0 aliphatic carbocycles. The molecule has 0 bridgehead atoms. The first-order valence-electron chi connectivity index (χ1n) is 7.52. The van der Waals surface area contributed by atoms with Crippen LogP contribution in [0.1, 0.15) is 36.5 Å². The van der Waals surface area contributed by atoms with Crippen LogP contribution in [0.4, 0.5) is 8.78 Å². The lowest BCUT2D eigenvalue weighted by Crippen LogP contribution is -2.34. The van der Waals surface area contributed by atoms with Crippen LogP contribution in [0, 0.1) is 15.3 Å². The highest BCUT2D eigenvalue weighted by Gasteiger charge is 2.25. The molecule has 1 aromatic carbocycles. The van der Waals surface area contributed by atoms with Crippen molar-refractivity contribution in [3.05, 3.63) is 50.6 Å². The summed E-state index contributed by atoms with van der Waals surface area (Å²) in [7, 11) is 0. The van der Waals surface area contributed by atoms with Crippen LogP contribution in [0.3, 0.4) is 0 Å². The zero-order valence-electron chi connectivity index (χ0n) is 12.4. The minimum Gasteiger partial charge on any atom is -0.328 e. The van der Waals surface area contributed by atoms with E-state index in [0.717, 1.165) is 41.0 Å². The number of benzene rings is 1. The molecule has 3 rings (SSSR count). The lowest BCUT2D eigenvalue weighted by atomic mass is 10.0. The number of rotatable bonds is 4. The van der Waals surface area contributed by atoms with Gasteiger partial charge in [-0.05, 0) is 53.1 Å². The Bertz CT molecular complexity index is 684. The van der Waals surface area contributed by atoms with Crippen molar-refractivity contribution in [3.63, 3.8) is 0 Å². The lowest BCUT2D eigenvalue weighted by Gasteiger charge is -2.27. The zero-order valence-corrected chi connectivity index (χ0v) is 14.5. The molecule has 2 heterocycles. The summed E-state index contributed by atoms with van der Waals surface area (Å²) in [5.74, 6) is -0.444. The predicted molar refractivity (Wildman–Crippen MR) is 89.7 cm³/mol. The van der Waals surface area contributed by atoms with Gasteiger partial charge in [-0.2, -0.15) is 0 Å². The van der Waals surface area contributed by atoms with Crippen LogP contribution in [-0.2, 0) is 19.4 Å². The molecule has 1 aliphatic rings. The molecule has 1 atom stereocenters. The summed E-state index contributed by atoms with van der Waals surface area (Å²) >= 11 is 2.29. The summed E-state index contributed by atoms with van der Waals surface area (Å²) in [5.41, 5.74) is 2.05. The maximum atomic E-state index is 13.3. The fourth-order valence-electron chi connectivity index (χ4n) is 3.02. The molecule has 1 N–H and O–H groups in total. The van der Waals surface area contributed by atoms with Gasteiger partial charge in [0.1, 0.15) is 9.53 Å². The largest absolute Gasteiger partial charge is 0.328 e. The van der Waals surface area contributed by atoms with Gasteiger partial charge in [-0.25, -0.2) is 13.8 Å². The smallest absolute Gasteiger partial charge is 0.159 e. The third kappa shape index (κ3) is 3.03. The van der Waals surface area contributed by atoms with Gasteiger partial charge in [-0.15, -0.1) is 0 Å². The molecule has 0 amide bonds. The minimum absolute atomic E-state index is 0.210. The Kier molecular flexibility index (Phi) is 4.77. The van der Waals surface area contributed by atoms with Crippen LogP contribution >= 0.6 is 22.6 Å². The standard InChI is InChI=1S/C16H18F2IN3/c1-2-14-21-16(19)15-13(20-7-8-22(14)15)6-4-10-3-5-11(17)12(18)9-10/h3,5,9,13,20H,2,4,6-8H2,1H3. The molecule has 6 heteroatoms. The molecule has 0 radical (unpaired) electrons. The second kappa shape index (κ2) is 6.62. The number of fused-ring (bicyclic) bond motifs is 1. The first-order chi connectivity index (χ1) is 10.6. The SMILES string of the molecule is CCc1nc(I)c2n1CCNC2CCc1ccc(F)c(F)c1. The van der Waals surface area contributed by atoms with E-state index in [9.17, 15) is 8.78 Å². The highest BCUT2D eigenvalue weighted by molar-refractivity contribution is 14.1. The van der Waals surface area contributed by atoms with E-state index in [4.69, 9.17) is 0 Å². The summed E-state index contributed by atoms with van der Waals surface area (Å²) in [5, 5.41) is 3.52. The van der Waals surface area contributed by atoms with Gasteiger partial charge in [-0.3, -0.25) is 0 Å². The van der Waals surface area contributed by atoms with E-state index in [1.165, 1.54) is 17.8 Å². The molecular weight excluding hydrogens is 399 g/mol. The molecule has 2 aromatic rings. The molecule has 0 fully saturated rings. The maximum Gasteiger partial charge on any atom is 0.159 e. The summed E-state index contributed by atoms with van der Waals surface area (Å²) in [6.07, 6.45) is 2.47. The van der Waals surface area contributed by atoms with Gasteiger partial charge in [0.15, 0.2) is 11.6 Å². The summed E-state index contributed by atoms with van der Waals surface area (Å²) in [4.78, 5) is 4.64. The molecule has 1 aliphatic heterocycles. The van der Waals surface area contributed by atoms with Gasteiger partial charge in [0.2, 0.25) is 0 Å². The van der Waals surface area contributed by atoms with Crippen LogP contribution in [-0.4, -0.2) is 16.1 Å². The number of nitrogens with one attached hydrogen (secondary N) is 1. The number of aryl methyl sites for hydroxylation is 2. The van der Waals surface area contributed by atoms with E-state index >= 15 is 0 Å². The monoisotopic (exact) mass is 417 g/mol. The van der Waals surface area contributed by atoms with Gasteiger partial charge in [0.25, 0.3) is 0 Å². The van der Waals surface area contributed by atoms with Crippen molar-refractivity contribution in [2.75, 3.05) is 6.54 Å². The van der Waals surface area contributed by atoms with E-state index < -0.39 is 11.6 Å². The number of hydrogen-bond donors (Lipinski definition) is 1. The maximum absolute atomic E-state index is 13.3. The first-order valence-corrected chi connectivity index (χ1v) is 8.60.